The third-order valence-electron chi connectivity index (χ3n) is 3.73. The van der Waals surface area contributed by atoms with Gasteiger partial charge in [-0.3, -0.25) is 4.79 Å². The zero-order valence-corrected chi connectivity index (χ0v) is 12.9. The second-order valence-corrected chi connectivity index (χ2v) is 5.32. The Bertz CT molecular complexity index is 710. The van der Waals surface area contributed by atoms with Crippen molar-refractivity contribution in [2.24, 2.45) is 5.92 Å². The molecule has 2 unspecified atom stereocenters. The maximum atomic E-state index is 13.7. The summed E-state index contributed by atoms with van der Waals surface area (Å²) < 4.78 is 19.1. The summed E-state index contributed by atoms with van der Waals surface area (Å²) in [6.07, 6.45) is 0.607. The lowest BCUT2D eigenvalue weighted by Gasteiger charge is -2.19. The molecule has 1 heterocycles. The summed E-state index contributed by atoms with van der Waals surface area (Å²) >= 11 is 0. The zero-order valence-electron chi connectivity index (χ0n) is 12.9. The number of hydrogen-bond donors (Lipinski definition) is 2. The lowest BCUT2D eigenvalue weighted by molar-refractivity contribution is -0.140. The van der Waals surface area contributed by atoms with Crippen molar-refractivity contribution in [3.05, 3.63) is 48.0 Å². The van der Waals surface area contributed by atoms with Crippen molar-refractivity contribution in [1.29, 1.82) is 0 Å². The number of carboxylic acids is 1. The van der Waals surface area contributed by atoms with Crippen LogP contribution in [0.15, 0.2) is 40.8 Å². The molecular weight excluding hydrogens is 301 g/mol. The fraction of sp³-hybridized carbons (Fsp3) is 0.294. The number of halogens is 1. The van der Waals surface area contributed by atoms with E-state index in [2.05, 4.69) is 5.32 Å². The average molecular weight is 319 g/mol. The fourth-order valence-electron chi connectivity index (χ4n) is 2.16. The number of amides is 1. The van der Waals surface area contributed by atoms with Crippen LogP contribution in [0.3, 0.4) is 0 Å². The van der Waals surface area contributed by atoms with Gasteiger partial charge in [-0.2, -0.15) is 0 Å². The normalized spacial score (nSPS) is 13.3. The zero-order chi connectivity index (χ0) is 17.0. The van der Waals surface area contributed by atoms with Crippen molar-refractivity contribution < 1.29 is 23.5 Å². The highest BCUT2D eigenvalue weighted by Gasteiger charge is 2.27. The molecule has 2 atom stereocenters. The number of benzene rings is 1. The molecule has 1 aromatic carbocycles. The van der Waals surface area contributed by atoms with Crippen LogP contribution in [-0.4, -0.2) is 23.0 Å². The Kier molecular flexibility index (Phi) is 5.16. The summed E-state index contributed by atoms with van der Waals surface area (Å²) in [5.74, 6) is -2.27. The molecular formula is C17H18FNO4. The average Bonchev–Trinajstić information content (AvgIpc) is 3.01. The van der Waals surface area contributed by atoms with E-state index in [-0.39, 0.29) is 23.0 Å². The van der Waals surface area contributed by atoms with Crippen molar-refractivity contribution in [1.82, 2.24) is 5.32 Å². The van der Waals surface area contributed by atoms with Crippen LogP contribution in [0, 0.1) is 11.7 Å². The van der Waals surface area contributed by atoms with Gasteiger partial charge in [-0.05, 0) is 30.2 Å². The summed E-state index contributed by atoms with van der Waals surface area (Å²) in [5.41, 5.74) is 0.239. The minimum absolute atomic E-state index is 0.0576. The maximum absolute atomic E-state index is 13.7. The molecule has 0 spiro atoms. The summed E-state index contributed by atoms with van der Waals surface area (Å²) in [7, 11) is 0. The van der Waals surface area contributed by atoms with Crippen molar-refractivity contribution >= 4 is 11.9 Å². The van der Waals surface area contributed by atoms with Crippen LogP contribution in [0.2, 0.25) is 0 Å². The summed E-state index contributed by atoms with van der Waals surface area (Å²) in [6.45, 7) is 3.59. The summed E-state index contributed by atoms with van der Waals surface area (Å²) in [6, 6.07) is 7.91. The molecule has 0 aliphatic heterocycles. The van der Waals surface area contributed by atoms with Gasteiger partial charge in [0.2, 0.25) is 0 Å². The van der Waals surface area contributed by atoms with Crippen LogP contribution < -0.4 is 5.32 Å². The van der Waals surface area contributed by atoms with Gasteiger partial charge in [-0.1, -0.05) is 32.4 Å². The molecule has 0 saturated carbocycles. The Labute approximate surface area is 133 Å². The Morgan fingerprint density at radius 1 is 1.26 bits per heavy atom. The predicted octanol–water partition coefficient (Wildman–Crippen LogP) is 3.31. The van der Waals surface area contributed by atoms with E-state index < -0.39 is 23.7 Å². The number of hydrogen-bond acceptors (Lipinski definition) is 3. The minimum Gasteiger partial charge on any atom is -0.480 e. The third kappa shape index (κ3) is 3.77. The van der Waals surface area contributed by atoms with Gasteiger partial charge >= 0.3 is 5.97 Å². The Hall–Kier alpha value is -2.63. The fourth-order valence-corrected chi connectivity index (χ4v) is 2.16. The first-order valence-electron chi connectivity index (χ1n) is 7.32. The van der Waals surface area contributed by atoms with Gasteiger partial charge in [-0.15, -0.1) is 0 Å². The van der Waals surface area contributed by atoms with E-state index in [1.807, 2.05) is 6.92 Å². The highest BCUT2D eigenvalue weighted by atomic mass is 19.1. The molecule has 6 heteroatoms. The number of rotatable bonds is 6. The van der Waals surface area contributed by atoms with Gasteiger partial charge in [0.05, 0.1) is 5.56 Å². The van der Waals surface area contributed by atoms with Crippen molar-refractivity contribution in [3.63, 3.8) is 0 Å². The monoisotopic (exact) mass is 319 g/mol. The molecule has 2 N–H and O–H groups in total. The van der Waals surface area contributed by atoms with Crippen LogP contribution in [0.5, 0.6) is 0 Å². The van der Waals surface area contributed by atoms with Gasteiger partial charge in [-0.25, -0.2) is 9.18 Å². The van der Waals surface area contributed by atoms with E-state index in [1.165, 1.54) is 24.3 Å². The molecule has 5 nitrogen and oxygen atoms in total. The van der Waals surface area contributed by atoms with Crippen molar-refractivity contribution in [2.45, 2.75) is 26.3 Å². The van der Waals surface area contributed by atoms with Crippen LogP contribution in [0.25, 0.3) is 11.3 Å². The standard InChI is InChI=1S/C17H18FNO4/c1-3-10(2)15(17(21)22)19-16(20)14-9-8-13(23-14)11-6-4-5-7-12(11)18/h4-10,15H,3H2,1-2H3,(H,19,20)(H,21,22). The van der Waals surface area contributed by atoms with Crippen molar-refractivity contribution in [2.75, 3.05) is 0 Å². The predicted molar refractivity (Wildman–Crippen MR) is 82.4 cm³/mol. The first kappa shape index (κ1) is 16.7. The highest BCUT2D eigenvalue weighted by molar-refractivity contribution is 5.94. The van der Waals surface area contributed by atoms with E-state index in [0.29, 0.717) is 6.42 Å². The molecule has 0 aliphatic rings. The van der Waals surface area contributed by atoms with E-state index in [9.17, 15) is 19.1 Å². The van der Waals surface area contributed by atoms with Crippen LogP contribution >= 0.6 is 0 Å². The van der Waals surface area contributed by atoms with Gasteiger partial charge in [0, 0.05) is 0 Å². The molecule has 1 amide bonds. The van der Waals surface area contributed by atoms with Gasteiger partial charge < -0.3 is 14.8 Å². The molecule has 1 aromatic heterocycles. The Morgan fingerprint density at radius 2 is 1.96 bits per heavy atom. The Morgan fingerprint density at radius 3 is 2.57 bits per heavy atom. The Balaban J connectivity index is 2.18. The quantitative estimate of drug-likeness (QED) is 0.856. The lowest BCUT2D eigenvalue weighted by Crippen LogP contribution is -2.44. The SMILES string of the molecule is CCC(C)C(NC(=O)c1ccc(-c2ccccc2F)o1)C(=O)O. The maximum Gasteiger partial charge on any atom is 0.326 e. The number of nitrogens with one attached hydrogen (secondary N) is 1. The summed E-state index contributed by atoms with van der Waals surface area (Å²) in [4.78, 5) is 23.4. The van der Waals surface area contributed by atoms with Gasteiger partial charge in [0.1, 0.15) is 17.6 Å². The van der Waals surface area contributed by atoms with E-state index in [4.69, 9.17) is 4.42 Å². The summed E-state index contributed by atoms with van der Waals surface area (Å²) in [5, 5.41) is 11.6. The second kappa shape index (κ2) is 7.09. The van der Waals surface area contributed by atoms with Gasteiger partial charge in [0.15, 0.2) is 5.76 Å². The molecule has 122 valence electrons. The molecule has 0 fully saturated rings. The second-order valence-electron chi connectivity index (χ2n) is 5.32. The largest absolute Gasteiger partial charge is 0.480 e. The van der Waals surface area contributed by atoms with Crippen LogP contribution in [-0.2, 0) is 4.79 Å². The van der Waals surface area contributed by atoms with Crippen LogP contribution in [0.4, 0.5) is 4.39 Å². The molecule has 0 saturated heterocycles. The van der Waals surface area contributed by atoms with E-state index in [0.717, 1.165) is 0 Å². The minimum atomic E-state index is -1.10. The molecule has 2 aromatic rings. The topological polar surface area (TPSA) is 79.5 Å². The smallest absolute Gasteiger partial charge is 0.326 e. The lowest BCUT2D eigenvalue weighted by atomic mass is 9.99. The number of furan rings is 1. The number of carboxylic acid groups (broad SMARTS) is 1. The van der Waals surface area contributed by atoms with Crippen molar-refractivity contribution in [3.8, 4) is 11.3 Å². The highest BCUT2D eigenvalue weighted by Crippen LogP contribution is 2.24. The molecule has 0 radical (unpaired) electrons. The molecule has 0 bridgehead atoms. The third-order valence-corrected chi connectivity index (χ3v) is 3.73. The first-order chi connectivity index (χ1) is 10.9. The number of carbonyl (C=O) groups is 2. The van der Waals surface area contributed by atoms with E-state index >= 15 is 0 Å². The molecule has 0 aliphatic carbocycles. The molecule has 2 rings (SSSR count). The number of carbonyl (C=O) groups excluding carboxylic acids is 1. The number of aliphatic carboxylic acids is 1. The van der Waals surface area contributed by atoms with Gasteiger partial charge in [0.25, 0.3) is 5.91 Å². The molecule has 23 heavy (non-hydrogen) atoms. The van der Waals surface area contributed by atoms with E-state index in [1.54, 1.807) is 19.1 Å². The van der Waals surface area contributed by atoms with Crippen LogP contribution in [0.1, 0.15) is 30.8 Å². The first-order valence-corrected chi connectivity index (χ1v) is 7.32.